The quantitative estimate of drug-likeness (QED) is 0.756. The predicted octanol–water partition coefficient (Wildman–Crippen LogP) is 4.23. The molecule has 0 aliphatic heterocycles. The van der Waals surface area contributed by atoms with Gasteiger partial charge in [0.15, 0.2) is 0 Å². The van der Waals surface area contributed by atoms with Crippen molar-refractivity contribution >= 4 is 24.3 Å². The summed E-state index contributed by atoms with van der Waals surface area (Å²) in [6, 6.07) is 15.8. The minimum atomic E-state index is 0.246. The molecular formula is C20H16N2O2. The zero-order valence-corrected chi connectivity index (χ0v) is 12.9. The van der Waals surface area contributed by atoms with Gasteiger partial charge in [0.2, 0.25) is 0 Å². The van der Waals surface area contributed by atoms with Gasteiger partial charge in [0.1, 0.15) is 17.8 Å². The molecule has 0 atom stereocenters. The SMILES string of the molecule is Oc1ccc(C=Cc2cc(C=Cc3ccc(O)cc3)ncn2)cc1. The topological polar surface area (TPSA) is 66.2 Å². The summed E-state index contributed by atoms with van der Waals surface area (Å²) < 4.78 is 0. The number of phenols is 2. The molecule has 0 saturated carbocycles. The van der Waals surface area contributed by atoms with Crippen molar-refractivity contribution in [3.63, 3.8) is 0 Å². The van der Waals surface area contributed by atoms with Crippen LogP contribution in [0.25, 0.3) is 24.3 Å². The summed E-state index contributed by atoms with van der Waals surface area (Å²) in [6.45, 7) is 0. The molecule has 0 radical (unpaired) electrons. The Morgan fingerprint density at radius 2 is 1.00 bits per heavy atom. The number of nitrogens with zero attached hydrogens (tertiary/aromatic N) is 2. The maximum atomic E-state index is 9.28. The van der Waals surface area contributed by atoms with E-state index in [2.05, 4.69) is 9.97 Å². The molecule has 0 aliphatic rings. The van der Waals surface area contributed by atoms with Gasteiger partial charge < -0.3 is 10.2 Å². The number of benzene rings is 2. The van der Waals surface area contributed by atoms with E-state index in [4.69, 9.17) is 0 Å². The van der Waals surface area contributed by atoms with Crippen LogP contribution in [-0.4, -0.2) is 20.2 Å². The number of phenolic OH excluding ortho intramolecular Hbond substituents is 2. The molecular weight excluding hydrogens is 300 g/mol. The molecule has 3 rings (SSSR count). The highest BCUT2D eigenvalue weighted by molar-refractivity contribution is 5.71. The van der Waals surface area contributed by atoms with Crippen molar-refractivity contribution in [1.29, 1.82) is 0 Å². The molecule has 2 aromatic carbocycles. The van der Waals surface area contributed by atoms with Gasteiger partial charge in [-0.15, -0.1) is 0 Å². The molecule has 4 heteroatoms. The number of hydrogen-bond donors (Lipinski definition) is 2. The summed E-state index contributed by atoms with van der Waals surface area (Å²) in [7, 11) is 0. The average molecular weight is 316 g/mol. The molecule has 0 bridgehead atoms. The van der Waals surface area contributed by atoms with Crippen LogP contribution in [0.5, 0.6) is 11.5 Å². The predicted molar refractivity (Wildman–Crippen MR) is 96.1 cm³/mol. The van der Waals surface area contributed by atoms with Crippen molar-refractivity contribution < 1.29 is 10.2 Å². The zero-order chi connectivity index (χ0) is 16.8. The molecule has 0 aliphatic carbocycles. The van der Waals surface area contributed by atoms with Crippen LogP contribution in [0.2, 0.25) is 0 Å². The third kappa shape index (κ3) is 4.30. The second-order valence-electron chi connectivity index (χ2n) is 5.22. The smallest absolute Gasteiger partial charge is 0.116 e. The van der Waals surface area contributed by atoms with E-state index in [1.54, 1.807) is 24.3 Å². The van der Waals surface area contributed by atoms with E-state index in [-0.39, 0.29) is 11.5 Å². The van der Waals surface area contributed by atoms with Crippen molar-refractivity contribution in [3.8, 4) is 11.5 Å². The van der Waals surface area contributed by atoms with Gasteiger partial charge in [-0.05, 0) is 53.6 Å². The number of rotatable bonds is 4. The lowest BCUT2D eigenvalue weighted by molar-refractivity contribution is 0.474. The first-order valence-electron chi connectivity index (χ1n) is 7.45. The Kier molecular flexibility index (Phi) is 4.68. The first-order chi connectivity index (χ1) is 11.7. The highest BCUT2D eigenvalue weighted by Gasteiger charge is 1.94. The largest absolute Gasteiger partial charge is 0.508 e. The van der Waals surface area contributed by atoms with Crippen molar-refractivity contribution in [2.45, 2.75) is 0 Å². The van der Waals surface area contributed by atoms with E-state index >= 15 is 0 Å². The molecule has 1 aromatic heterocycles. The third-order valence-corrected chi connectivity index (χ3v) is 3.39. The van der Waals surface area contributed by atoms with Gasteiger partial charge >= 0.3 is 0 Å². The molecule has 0 fully saturated rings. The van der Waals surface area contributed by atoms with Crippen molar-refractivity contribution in [2.75, 3.05) is 0 Å². The maximum Gasteiger partial charge on any atom is 0.116 e. The summed E-state index contributed by atoms with van der Waals surface area (Å²) in [5.41, 5.74) is 3.55. The van der Waals surface area contributed by atoms with Crippen LogP contribution in [0.4, 0.5) is 0 Å². The van der Waals surface area contributed by atoms with Crippen LogP contribution in [0.3, 0.4) is 0 Å². The maximum absolute atomic E-state index is 9.28. The molecule has 2 N–H and O–H groups in total. The molecule has 24 heavy (non-hydrogen) atoms. The minimum Gasteiger partial charge on any atom is -0.508 e. The van der Waals surface area contributed by atoms with Gasteiger partial charge in [0, 0.05) is 0 Å². The summed E-state index contributed by atoms with van der Waals surface area (Å²) in [5.74, 6) is 0.492. The van der Waals surface area contributed by atoms with E-state index in [9.17, 15) is 10.2 Å². The summed E-state index contributed by atoms with van der Waals surface area (Å²) in [5, 5.41) is 18.6. The Labute approximate surface area is 140 Å². The number of aromatic nitrogens is 2. The molecule has 0 saturated heterocycles. The Balaban J connectivity index is 1.74. The minimum absolute atomic E-state index is 0.246. The van der Waals surface area contributed by atoms with E-state index in [0.717, 1.165) is 22.5 Å². The summed E-state index contributed by atoms with van der Waals surface area (Å²) in [6.07, 6.45) is 9.16. The molecule has 0 amide bonds. The van der Waals surface area contributed by atoms with E-state index in [1.165, 1.54) is 6.33 Å². The highest BCUT2D eigenvalue weighted by Crippen LogP contribution is 2.14. The second-order valence-corrected chi connectivity index (χ2v) is 5.22. The standard InChI is InChI=1S/C20H16N2O2/c23-19-9-3-15(4-10-19)1-7-17-13-18(22-14-21-17)8-2-16-5-11-20(24)12-6-16/h1-14,23-24H. The molecule has 4 nitrogen and oxygen atoms in total. The molecule has 0 unspecified atom stereocenters. The number of hydrogen-bond acceptors (Lipinski definition) is 4. The van der Waals surface area contributed by atoms with Gasteiger partial charge in [0.05, 0.1) is 11.4 Å². The van der Waals surface area contributed by atoms with Gasteiger partial charge in [-0.25, -0.2) is 9.97 Å². The lowest BCUT2D eigenvalue weighted by Gasteiger charge is -1.97. The molecule has 118 valence electrons. The lowest BCUT2D eigenvalue weighted by atomic mass is 10.1. The first-order valence-corrected chi connectivity index (χ1v) is 7.45. The third-order valence-electron chi connectivity index (χ3n) is 3.39. The fourth-order valence-corrected chi connectivity index (χ4v) is 2.10. The van der Waals surface area contributed by atoms with Crippen LogP contribution in [0.1, 0.15) is 22.5 Å². The monoisotopic (exact) mass is 316 g/mol. The Hall–Kier alpha value is -3.40. The fourth-order valence-electron chi connectivity index (χ4n) is 2.10. The lowest BCUT2D eigenvalue weighted by Crippen LogP contribution is -1.86. The van der Waals surface area contributed by atoms with E-state index in [0.29, 0.717) is 0 Å². The van der Waals surface area contributed by atoms with Gasteiger partial charge in [-0.3, -0.25) is 0 Å². The molecule has 3 aromatic rings. The van der Waals surface area contributed by atoms with Crippen LogP contribution < -0.4 is 0 Å². The van der Waals surface area contributed by atoms with Crippen LogP contribution >= 0.6 is 0 Å². The van der Waals surface area contributed by atoms with Gasteiger partial charge in [-0.1, -0.05) is 36.4 Å². The van der Waals surface area contributed by atoms with Crippen LogP contribution in [0.15, 0.2) is 60.9 Å². The van der Waals surface area contributed by atoms with Gasteiger partial charge in [-0.2, -0.15) is 0 Å². The molecule has 1 heterocycles. The fraction of sp³-hybridized carbons (Fsp3) is 0. The second kappa shape index (κ2) is 7.24. The van der Waals surface area contributed by atoms with Crippen molar-refractivity contribution in [3.05, 3.63) is 83.4 Å². The van der Waals surface area contributed by atoms with Crippen LogP contribution in [-0.2, 0) is 0 Å². The zero-order valence-electron chi connectivity index (χ0n) is 12.9. The summed E-state index contributed by atoms with van der Waals surface area (Å²) >= 11 is 0. The van der Waals surface area contributed by atoms with Crippen LogP contribution in [0, 0.1) is 0 Å². The van der Waals surface area contributed by atoms with Crippen molar-refractivity contribution in [2.24, 2.45) is 0 Å². The van der Waals surface area contributed by atoms with Gasteiger partial charge in [0.25, 0.3) is 0 Å². The summed E-state index contributed by atoms with van der Waals surface area (Å²) in [4.78, 5) is 8.45. The average Bonchev–Trinajstić information content (AvgIpc) is 2.61. The normalized spacial score (nSPS) is 11.3. The Morgan fingerprint density at radius 1 is 0.583 bits per heavy atom. The van der Waals surface area contributed by atoms with E-state index < -0.39 is 0 Å². The number of aromatic hydroxyl groups is 2. The highest BCUT2D eigenvalue weighted by atomic mass is 16.3. The Bertz CT molecular complexity index is 796. The molecule has 0 spiro atoms. The first kappa shape index (κ1) is 15.5. The van der Waals surface area contributed by atoms with Crippen molar-refractivity contribution in [1.82, 2.24) is 9.97 Å². The van der Waals surface area contributed by atoms with E-state index in [1.807, 2.05) is 54.6 Å². The Morgan fingerprint density at radius 3 is 1.42 bits per heavy atom.